The molecule has 0 amide bonds. The van der Waals surface area contributed by atoms with E-state index in [2.05, 4.69) is 12.2 Å². The van der Waals surface area contributed by atoms with Gasteiger partial charge in [-0.15, -0.1) is 0 Å². The Labute approximate surface area is 129 Å². The second kappa shape index (κ2) is 6.41. The van der Waals surface area contributed by atoms with Crippen molar-refractivity contribution in [3.63, 3.8) is 0 Å². The zero-order chi connectivity index (χ0) is 15.6. The van der Waals surface area contributed by atoms with E-state index in [0.29, 0.717) is 22.9 Å². The normalized spacial score (nSPS) is 12.4. The van der Waals surface area contributed by atoms with Crippen molar-refractivity contribution in [2.75, 3.05) is 7.11 Å². The second-order valence-corrected chi connectivity index (χ2v) is 5.52. The summed E-state index contributed by atoms with van der Waals surface area (Å²) in [5.74, 6) is 2.29. The van der Waals surface area contributed by atoms with Crippen LogP contribution in [0.25, 0.3) is 0 Å². The third-order valence-corrected chi connectivity index (χ3v) is 3.70. The van der Waals surface area contributed by atoms with Crippen molar-refractivity contribution in [2.24, 2.45) is 0 Å². The van der Waals surface area contributed by atoms with Gasteiger partial charge in [0.2, 0.25) is 0 Å². The Morgan fingerprint density at radius 3 is 2.62 bits per heavy atom. The largest absolute Gasteiger partial charge is 0.504 e. The van der Waals surface area contributed by atoms with Crippen molar-refractivity contribution in [3.8, 4) is 11.5 Å². The number of hydrogen-bond donors (Lipinski definition) is 2. The lowest BCUT2D eigenvalue weighted by Crippen LogP contribution is -2.18. The van der Waals surface area contributed by atoms with E-state index < -0.39 is 0 Å². The molecule has 0 bridgehead atoms. The van der Waals surface area contributed by atoms with Crippen LogP contribution in [0.3, 0.4) is 0 Å². The van der Waals surface area contributed by atoms with Crippen molar-refractivity contribution >= 4 is 11.6 Å². The van der Waals surface area contributed by atoms with Crippen LogP contribution < -0.4 is 10.1 Å². The number of aromatic hydroxyl groups is 1. The van der Waals surface area contributed by atoms with Crippen LogP contribution in [0.2, 0.25) is 5.02 Å². The average Bonchev–Trinajstić information content (AvgIpc) is 2.78. The van der Waals surface area contributed by atoms with E-state index in [0.717, 1.165) is 17.1 Å². The maximum Gasteiger partial charge on any atom is 0.162 e. The molecule has 1 unspecified atom stereocenters. The molecule has 0 saturated carbocycles. The van der Waals surface area contributed by atoms with Gasteiger partial charge in [0, 0.05) is 34.8 Å². The highest BCUT2D eigenvalue weighted by Gasteiger charge is 2.14. The summed E-state index contributed by atoms with van der Waals surface area (Å²) in [6, 6.07) is 5.44. The fourth-order valence-electron chi connectivity index (χ4n) is 2.37. The quantitative estimate of drug-likeness (QED) is 0.872. The summed E-state index contributed by atoms with van der Waals surface area (Å²) in [7, 11) is 1.50. The fraction of sp³-hybridized carbons (Fsp3) is 0.375. The summed E-state index contributed by atoms with van der Waals surface area (Å²) in [5, 5.41) is 14.0. The highest BCUT2D eigenvalue weighted by atomic mass is 35.5. The molecule has 0 aliphatic rings. The number of methoxy groups -OCH3 is 1. The van der Waals surface area contributed by atoms with Gasteiger partial charge in [0.05, 0.1) is 7.11 Å². The summed E-state index contributed by atoms with van der Waals surface area (Å²) >= 11 is 6.03. The zero-order valence-corrected chi connectivity index (χ0v) is 13.4. The first-order chi connectivity index (χ1) is 9.92. The molecule has 1 aromatic carbocycles. The van der Waals surface area contributed by atoms with E-state index in [-0.39, 0.29) is 11.8 Å². The van der Waals surface area contributed by atoms with Gasteiger partial charge < -0.3 is 19.6 Å². The predicted molar refractivity (Wildman–Crippen MR) is 83.1 cm³/mol. The molecule has 0 spiro atoms. The van der Waals surface area contributed by atoms with E-state index in [1.54, 1.807) is 12.1 Å². The minimum atomic E-state index is 0.104. The monoisotopic (exact) mass is 309 g/mol. The average molecular weight is 310 g/mol. The van der Waals surface area contributed by atoms with Crippen molar-refractivity contribution in [1.29, 1.82) is 0 Å². The maximum atomic E-state index is 10.1. The topological polar surface area (TPSA) is 54.6 Å². The minimum absolute atomic E-state index is 0.104. The van der Waals surface area contributed by atoms with Gasteiger partial charge in [-0.1, -0.05) is 11.6 Å². The highest BCUT2D eigenvalue weighted by molar-refractivity contribution is 6.30. The Balaban J connectivity index is 2.13. The molecule has 114 valence electrons. The molecule has 0 fully saturated rings. The van der Waals surface area contributed by atoms with Gasteiger partial charge >= 0.3 is 0 Å². The number of benzene rings is 1. The van der Waals surface area contributed by atoms with Crippen LogP contribution in [-0.2, 0) is 6.54 Å². The number of rotatable bonds is 5. The molecular weight excluding hydrogens is 290 g/mol. The third kappa shape index (κ3) is 3.52. The van der Waals surface area contributed by atoms with E-state index in [1.165, 1.54) is 7.11 Å². The van der Waals surface area contributed by atoms with Gasteiger partial charge in [-0.05, 0) is 32.9 Å². The first kappa shape index (κ1) is 15.7. The number of halogens is 1. The van der Waals surface area contributed by atoms with E-state index in [1.807, 2.05) is 19.9 Å². The number of phenolic OH excluding ortho intramolecular Hbond substituents is 1. The number of hydrogen-bond acceptors (Lipinski definition) is 4. The molecule has 0 aliphatic carbocycles. The molecule has 1 aromatic heterocycles. The SMILES string of the molecule is COc1cc(Cl)cc(CNC(C)c2cc(C)oc2C)c1O. The van der Waals surface area contributed by atoms with Crippen LogP contribution in [-0.4, -0.2) is 12.2 Å². The van der Waals surface area contributed by atoms with E-state index in [9.17, 15) is 5.11 Å². The lowest BCUT2D eigenvalue weighted by Gasteiger charge is -2.15. The molecule has 2 N–H and O–H groups in total. The summed E-state index contributed by atoms with van der Waals surface area (Å²) in [6.07, 6.45) is 0. The predicted octanol–water partition coefficient (Wildman–Crippen LogP) is 4.11. The van der Waals surface area contributed by atoms with Crippen LogP contribution in [0.4, 0.5) is 0 Å². The lowest BCUT2D eigenvalue weighted by atomic mass is 10.1. The van der Waals surface area contributed by atoms with Gasteiger partial charge in [-0.25, -0.2) is 0 Å². The van der Waals surface area contributed by atoms with E-state index >= 15 is 0 Å². The van der Waals surface area contributed by atoms with Crippen molar-refractivity contribution in [3.05, 3.63) is 45.9 Å². The molecule has 2 aromatic rings. The Bertz CT molecular complexity index is 637. The van der Waals surface area contributed by atoms with Crippen LogP contribution in [0, 0.1) is 13.8 Å². The van der Waals surface area contributed by atoms with Gasteiger partial charge in [-0.2, -0.15) is 0 Å². The molecular formula is C16H20ClNO3. The van der Waals surface area contributed by atoms with E-state index in [4.69, 9.17) is 20.8 Å². The Hall–Kier alpha value is -1.65. The molecule has 5 heteroatoms. The first-order valence-electron chi connectivity index (χ1n) is 6.78. The zero-order valence-electron chi connectivity index (χ0n) is 12.7. The number of aryl methyl sites for hydroxylation is 2. The van der Waals surface area contributed by atoms with Crippen LogP contribution in [0.5, 0.6) is 11.5 Å². The first-order valence-corrected chi connectivity index (χ1v) is 7.16. The summed E-state index contributed by atoms with van der Waals surface area (Å²) in [5.41, 5.74) is 1.81. The number of nitrogens with one attached hydrogen (secondary N) is 1. The number of phenols is 1. The molecule has 0 saturated heterocycles. The molecule has 21 heavy (non-hydrogen) atoms. The molecule has 2 rings (SSSR count). The van der Waals surface area contributed by atoms with Crippen LogP contribution >= 0.6 is 11.6 Å². The second-order valence-electron chi connectivity index (χ2n) is 5.09. The summed E-state index contributed by atoms with van der Waals surface area (Å²) < 4.78 is 10.6. The lowest BCUT2D eigenvalue weighted by molar-refractivity contribution is 0.369. The maximum absolute atomic E-state index is 10.1. The standard InChI is InChI=1S/C16H20ClNO3/c1-9-5-14(11(3)21-9)10(2)18-8-12-6-13(17)7-15(20-4)16(12)19/h5-7,10,18-19H,8H2,1-4H3. The van der Waals surface area contributed by atoms with Gasteiger partial charge in [0.1, 0.15) is 11.5 Å². The van der Waals surface area contributed by atoms with Gasteiger partial charge in [0.25, 0.3) is 0 Å². The van der Waals surface area contributed by atoms with Crippen molar-refractivity contribution in [1.82, 2.24) is 5.32 Å². The number of furan rings is 1. The fourth-order valence-corrected chi connectivity index (χ4v) is 2.60. The number of ether oxygens (including phenoxy) is 1. The Kier molecular flexibility index (Phi) is 4.80. The van der Waals surface area contributed by atoms with Crippen LogP contribution in [0.1, 0.15) is 35.6 Å². The highest BCUT2D eigenvalue weighted by Crippen LogP contribution is 2.33. The smallest absolute Gasteiger partial charge is 0.162 e. The molecule has 1 heterocycles. The Morgan fingerprint density at radius 2 is 2.05 bits per heavy atom. The molecule has 4 nitrogen and oxygen atoms in total. The van der Waals surface area contributed by atoms with Crippen molar-refractivity contribution < 1.29 is 14.3 Å². The minimum Gasteiger partial charge on any atom is -0.504 e. The molecule has 0 radical (unpaired) electrons. The molecule has 0 aliphatic heterocycles. The summed E-state index contributed by atoms with van der Waals surface area (Å²) in [6.45, 7) is 6.40. The van der Waals surface area contributed by atoms with Gasteiger partial charge in [0.15, 0.2) is 11.5 Å². The van der Waals surface area contributed by atoms with Crippen LogP contribution in [0.15, 0.2) is 22.6 Å². The Morgan fingerprint density at radius 1 is 1.33 bits per heavy atom. The molecule has 1 atom stereocenters. The third-order valence-electron chi connectivity index (χ3n) is 3.48. The van der Waals surface area contributed by atoms with Crippen molar-refractivity contribution in [2.45, 2.75) is 33.4 Å². The summed E-state index contributed by atoms with van der Waals surface area (Å²) in [4.78, 5) is 0. The van der Waals surface area contributed by atoms with Gasteiger partial charge in [-0.3, -0.25) is 0 Å².